The lowest BCUT2D eigenvalue weighted by molar-refractivity contribution is 0.100. The number of nitrogens with two attached hydrogens (primary N) is 1. The lowest BCUT2D eigenvalue weighted by Gasteiger charge is -2.05. The van der Waals surface area contributed by atoms with Crippen LogP contribution in [-0.4, -0.2) is 15.5 Å². The van der Waals surface area contributed by atoms with Gasteiger partial charge in [-0.05, 0) is 33.6 Å². The number of carbonyl (C=O) groups excluding carboxylic acids is 1. The zero-order valence-electron chi connectivity index (χ0n) is 9.34. The van der Waals surface area contributed by atoms with Crippen LogP contribution in [0.2, 0.25) is 0 Å². The number of benzene rings is 1. The Morgan fingerprint density at radius 3 is 2.61 bits per heavy atom. The van der Waals surface area contributed by atoms with Gasteiger partial charge >= 0.3 is 0 Å². The summed E-state index contributed by atoms with van der Waals surface area (Å²) < 4.78 is 1.89. The zero-order chi connectivity index (χ0) is 13.1. The summed E-state index contributed by atoms with van der Waals surface area (Å²) in [4.78, 5) is 26.6. The molecule has 1 amide bonds. The molecule has 1 heterocycles. The fourth-order valence-corrected chi connectivity index (χ4v) is 1.85. The minimum Gasteiger partial charge on any atom is -0.366 e. The fourth-order valence-electron chi connectivity index (χ4n) is 1.51. The van der Waals surface area contributed by atoms with Crippen molar-refractivity contribution in [3.05, 3.63) is 62.7 Å². The third kappa shape index (κ3) is 2.65. The minimum absolute atomic E-state index is 0.149. The van der Waals surface area contributed by atoms with Gasteiger partial charge in [-0.1, -0.05) is 12.1 Å². The Morgan fingerprint density at radius 1 is 1.33 bits per heavy atom. The van der Waals surface area contributed by atoms with Gasteiger partial charge in [-0.15, -0.1) is 0 Å². The van der Waals surface area contributed by atoms with E-state index in [0.29, 0.717) is 16.6 Å². The first-order valence-electron chi connectivity index (χ1n) is 5.16. The summed E-state index contributed by atoms with van der Waals surface area (Å²) >= 11 is 3.13. The van der Waals surface area contributed by atoms with Gasteiger partial charge in [0, 0.05) is 11.8 Å². The second-order valence-corrected chi connectivity index (χ2v) is 4.59. The highest BCUT2D eigenvalue weighted by Crippen LogP contribution is 2.06. The normalized spacial score (nSPS) is 10.3. The minimum atomic E-state index is -0.470. The molecular weight excluding hydrogens is 298 g/mol. The summed E-state index contributed by atoms with van der Waals surface area (Å²) in [5, 5.41) is 0. The van der Waals surface area contributed by atoms with Crippen molar-refractivity contribution in [2.24, 2.45) is 5.73 Å². The summed E-state index contributed by atoms with van der Waals surface area (Å²) in [5.74, 6) is -0.470. The second-order valence-electron chi connectivity index (χ2n) is 3.74. The van der Waals surface area contributed by atoms with E-state index in [2.05, 4.69) is 20.9 Å². The van der Waals surface area contributed by atoms with Crippen LogP contribution in [0.1, 0.15) is 15.9 Å². The lowest BCUT2D eigenvalue weighted by Crippen LogP contribution is -2.21. The second kappa shape index (κ2) is 5.14. The van der Waals surface area contributed by atoms with Crippen LogP contribution in [-0.2, 0) is 6.54 Å². The van der Waals surface area contributed by atoms with Crippen LogP contribution in [0.25, 0.3) is 0 Å². The number of amides is 1. The van der Waals surface area contributed by atoms with Gasteiger partial charge in [0.25, 0.3) is 5.56 Å². The van der Waals surface area contributed by atoms with E-state index in [1.54, 1.807) is 24.3 Å². The van der Waals surface area contributed by atoms with Gasteiger partial charge in [0.1, 0.15) is 4.47 Å². The first-order valence-corrected chi connectivity index (χ1v) is 5.96. The molecule has 2 N–H and O–H groups in total. The quantitative estimate of drug-likeness (QED) is 0.924. The van der Waals surface area contributed by atoms with Gasteiger partial charge in [0.2, 0.25) is 5.91 Å². The number of rotatable bonds is 3. The van der Waals surface area contributed by atoms with Gasteiger partial charge in [-0.3, -0.25) is 14.2 Å². The molecule has 6 heteroatoms. The van der Waals surface area contributed by atoms with Crippen LogP contribution in [0.15, 0.2) is 46.1 Å². The van der Waals surface area contributed by atoms with Gasteiger partial charge in [0.05, 0.1) is 12.9 Å². The summed E-state index contributed by atoms with van der Waals surface area (Å²) in [6.45, 7) is 0.393. The van der Waals surface area contributed by atoms with Crippen molar-refractivity contribution in [1.82, 2.24) is 9.55 Å². The average molecular weight is 308 g/mol. The number of carbonyl (C=O) groups is 1. The monoisotopic (exact) mass is 307 g/mol. The van der Waals surface area contributed by atoms with Crippen LogP contribution >= 0.6 is 15.9 Å². The largest absolute Gasteiger partial charge is 0.366 e. The Kier molecular flexibility index (Phi) is 3.57. The number of nitrogens with zero attached hydrogens (tertiary/aromatic N) is 2. The molecule has 0 saturated carbocycles. The molecule has 0 atom stereocenters. The standard InChI is InChI=1S/C12H10BrN3O2/c13-10-5-15-7-16(12(10)18)6-8-1-3-9(4-2-8)11(14)17/h1-5,7H,6H2,(H2,14,17). The Bertz CT molecular complexity index is 635. The molecule has 0 radical (unpaired) electrons. The maximum Gasteiger partial charge on any atom is 0.267 e. The predicted molar refractivity (Wildman–Crippen MR) is 70.3 cm³/mol. The van der Waals surface area contributed by atoms with E-state index >= 15 is 0 Å². The summed E-state index contributed by atoms with van der Waals surface area (Å²) in [6, 6.07) is 6.78. The van der Waals surface area contributed by atoms with Crippen molar-refractivity contribution < 1.29 is 4.79 Å². The van der Waals surface area contributed by atoms with Crippen molar-refractivity contribution in [3.63, 3.8) is 0 Å². The van der Waals surface area contributed by atoms with Gasteiger partial charge in [-0.2, -0.15) is 0 Å². The van der Waals surface area contributed by atoms with Crippen molar-refractivity contribution in [2.75, 3.05) is 0 Å². The molecule has 0 fully saturated rings. The smallest absolute Gasteiger partial charge is 0.267 e. The van der Waals surface area contributed by atoms with E-state index < -0.39 is 5.91 Å². The molecule has 1 aromatic heterocycles. The first kappa shape index (κ1) is 12.5. The number of aromatic nitrogens is 2. The Morgan fingerprint density at radius 2 is 2.00 bits per heavy atom. The van der Waals surface area contributed by atoms with E-state index in [1.165, 1.54) is 17.1 Å². The number of primary amides is 1. The molecule has 0 spiro atoms. The number of hydrogen-bond acceptors (Lipinski definition) is 3. The van der Waals surface area contributed by atoms with Crippen molar-refractivity contribution >= 4 is 21.8 Å². The van der Waals surface area contributed by atoms with E-state index in [1.807, 2.05) is 0 Å². The molecule has 1 aromatic carbocycles. The predicted octanol–water partition coefficient (Wildman–Crippen LogP) is 1.15. The summed E-state index contributed by atoms with van der Waals surface area (Å²) in [7, 11) is 0. The number of halogens is 1. The Labute approximate surface area is 111 Å². The van der Waals surface area contributed by atoms with Crippen LogP contribution in [0.3, 0.4) is 0 Å². The molecule has 2 aromatic rings. The first-order chi connectivity index (χ1) is 8.58. The highest BCUT2D eigenvalue weighted by Gasteiger charge is 2.03. The van der Waals surface area contributed by atoms with Gasteiger partial charge < -0.3 is 5.73 Å². The number of hydrogen-bond donors (Lipinski definition) is 1. The highest BCUT2D eigenvalue weighted by atomic mass is 79.9. The van der Waals surface area contributed by atoms with Gasteiger partial charge in [0.15, 0.2) is 0 Å². The molecule has 0 bridgehead atoms. The molecule has 2 rings (SSSR count). The molecule has 18 heavy (non-hydrogen) atoms. The van der Waals surface area contributed by atoms with Crippen LogP contribution in [0, 0.1) is 0 Å². The van der Waals surface area contributed by atoms with E-state index in [-0.39, 0.29) is 5.56 Å². The van der Waals surface area contributed by atoms with E-state index in [9.17, 15) is 9.59 Å². The molecular formula is C12H10BrN3O2. The molecule has 0 unspecified atom stereocenters. The molecule has 92 valence electrons. The molecule has 0 aliphatic heterocycles. The van der Waals surface area contributed by atoms with Crippen molar-refractivity contribution in [3.8, 4) is 0 Å². The van der Waals surface area contributed by atoms with Gasteiger partial charge in [-0.25, -0.2) is 4.98 Å². The molecule has 0 aliphatic carbocycles. The van der Waals surface area contributed by atoms with E-state index in [4.69, 9.17) is 5.73 Å². The maximum atomic E-state index is 11.8. The maximum absolute atomic E-state index is 11.8. The zero-order valence-corrected chi connectivity index (χ0v) is 10.9. The van der Waals surface area contributed by atoms with Crippen LogP contribution in [0.4, 0.5) is 0 Å². The van der Waals surface area contributed by atoms with E-state index in [0.717, 1.165) is 5.56 Å². The topological polar surface area (TPSA) is 78.0 Å². The Hall–Kier alpha value is -1.95. The summed E-state index contributed by atoms with van der Waals surface area (Å²) in [6.07, 6.45) is 2.92. The third-order valence-electron chi connectivity index (χ3n) is 2.45. The van der Waals surface area contributed by atoms with Crippen molar-refractivity contribution in [1.29, 1.82) is 0 Å². The highest BCUT2D eigenvalue weighted by molar-refractivity contribution is 9.10. The molecule has 0 aliphatic rings. The van der Waals surface area contributed by atoms with Crippen LogP contribution < -0.4 is 11.3 Å². The third-order valence-corrected chi connectivity index (χ3v) is 2.99. The lowest BCUT2D eigenvalue weighted by atomic mass is 10.1. The molecule has 0 saturated heterocycles. The average Bonchev–Trinajstić information content (AvgIpc) is 2.36. The SMILES string of the molecule is NC(=O)c1ccc(Cn2cncc(Br)c2=O)cc1. The fraction of sp³-hybridized carbons (Fsp3) is 0.0833. The summed E-state index contributed by atoms with van der Waals surface area (Å²) in [5.41, 5.74) is 6.33. The van der Waals surface area contributed by atoms with Crippen LogP contribution in [0.5, 0.6) is 0 Å². The Balaban J connectivity index is 2.26. The molecule has 5 nitrogen and oxygen atoms in total. The van der Waals surface area contributed by atoms with Crippen molar-refractivity contribution in [2.45, 2.75) is 6.54 Å².